The van der Waals surface area contributed by atoms with E-state index in [1.165, 1.54) is 11.3 Å². The maximum atomic E-state index is 12.3. The molecule has 0 radical (unpaired) electrons. The van der Waals surface area contributed by atoms with E-state index in [1.807, 2.05) is 29.6 Å². The Morgan fingerprint density at radius 3 is 2.54 bits per heavy atom. The molecule has 1 aromatic carbocycles. The van der Waals surface area contributed by atoms with Crippen LogP contribution in [0.3, 0.4) is 0 Å². The topological polar surface area (TPSA) is 71.3 Å². The lowest BCUT2D eigenvalue weighted by Gasteiger charge is -2.20. The summed E-state index contributed by atoms with van der Waals surface area (Å²) in [4.78, 5) is 15.4. The van der Waals surface area contributed by atoms with E-state index >= 15 is 0 Å². The minimum atomic E-state index is -0.275. The number of nitrogens with zero attached hydrogens (tertiary/aromatic N) is 3. The van der Waals surface area contributed by atoms with Gasteiger partial charge < -0.3 is 9.32 Å². The summed E-state index contributed by atoms with van der Waals surface area (Å²) in [7, 11) is 0. The molecule has 124 valence electrons. The third-order valence-corrected chi connectivity index (χ3v) is 4.49. The second-order valence-corrected chi connectivity index (χ2v) is 6.01. The van der Waals surface area contributed by atoms with Crippen LogP contribution in [0, 0.1) is 0 Å². The second-order valence-electron chi connectivity index (χ2n) is 5.06. The standard InChI is InChI=1S/C17H18N4O2S/c1-3-21(4-2)13-9-7-12(8-10-13)15(22)18-17-20-19-16(23-17)14-6-5-11-24-14/h5-11H,3-4H2,1-2H3,(H,18,20,22). The zero-order chi connectivity index (χ0) is 16.9. The molecule has 1 N–H and O–H groups in total. The molecule has 3 aromatic rings. The summed E-state index contributed by atoms with van der Waals surface area (Å²) in [6.07, 6.45) is 0. The lowest BCUT2D eigenvalue weighted by atomic mass is 10.2. The summed E-state index contributed by atoms with van der Waals surface area (Å²) in [6.45, 7) is 6.06. The van der Waals surface area contributed by atoms with Gasteiger partial charge in [-0.15, -0.1) is 16.4 Å². The molecule has 0 aliphatic heterocycles. The van der Waals surface area contributed by atoms with Gasteiger partial charge >= 0.3 is 6.01 Å². The zero-order valence-electron chi connectivity index (χ0n) is 13.5. The second kappa shape index (κ2) is 7.27. The van der Waals surface area contributed by atoms with Crippen LogP contribution in [0.2, 0.25) is 0 Å². The number of amides is 1. The highest BCUT2D eigenvalue weighted by Crippen LogP contribution is 2.24. The Morgan fingerprint density at radius 1 is 1.17 bits per heavy atom. The van der Waals surface area contributed by atoms with Crippen LogP contribution in [-0.4, -0.2) is 29.2 Å². The number of carbonyl (C=O) groups excluding carboxylic acids is 1. The average Bonchev–Trinajstić information content (AvgIpc) is 3.28. The van der Waals surface area contributed by atoms with E-state index in [2.05, 4.69) is 34.3 Å². The molecular formula is C17H18N4O2S. The molecule has 0 bridgehead atoms. The molecule has 0 aliphatic rings. The number of carbonyl (C=O) groups is 1. The van der Waals surface area contributed by atoms with Gasteiger partial charge in [0.1, 0.15) is 0 Å². The Hall–Kier alpha value is -2.67. The lowest BCUT2D eigenvalue weighted by molar-refractivity contribution is 0.102. The van der Waals surface area contributed by atoms with Crippen LogP contribution in [-0.2, 0) is 0 Å². The molecule has 0 aliphatic carbocycles. The van der Waals surface area contributed by atoms with E-state index in [9.17, 15) is 4.79 Å². The van der Waals surface area contributed by atoms with Crippen molar-refractivity contribution in [2.75, 3.05) is 23.3 Å². The van der Waals surface area contributed by atoms with E-state index in [4.69, 9.17) is 4.42 Å². The van der Waals surface area contributed by atoms with Gasteiger partial charge in [0, 0.05) is 24.3 Å². The Labute approximate surface area is 144 Å². The molecule has 0 fully saturated rings. The van der Waals surface area contributed by atoms with Gasteiger partial charge in [0.2, 0.25) is 0 Å². The molecule has 7 heteroatoms. The number of thiophene rings is 1. The van der Waals surface area contributed by atoms with Crippen molar-refractivity contribution < 1.29 is 9.21 Å². The number of benzene rings is 1. The van der Waals surface area contributed by atoms with Crippen LogP contribution in [0.4, 0.5) is 11.7 Å². The normalized spacial score (nSPS) is 10.6. The van der Waals surface area contributed by atoms with Crippen LogP contribution in [0.25, 0.3) is 10.8 Å². The zero-order valence-corrected chi connectivity index (χ0v) is 14.3. The Morgan fingerprint density at radius 2 is 1.92 bits per heavy atom. The highest BCUT2D eigenvalue weighted by Gasteiger charge is 2.13. The van der Waals surface area contributed by atoms with Crippen LogP contribution < -0.4 is 10.2 Å². The molecule has 2 aromatic heterocycles. The first-order chi connectivity index (χ1) is 11.7. The third kappa shape index (κ3) is 3.46. The summed E-state index contributed by atoms with van der Waals surface area (Å²) in [5.74, 6) is 0.125. The summed E-state index contributed by atoms with van der Waals surface area (Å²) in [5.41, 5.74) is 1.64. The number of aromatic nitrogens is 2. The summed E-state index contributed by atoms with van der Waals surface area (Å²) < 4.78 is 5.46. The molecular weight excluding hydrogens is 324 g/mol. The van der Waals surface area contributed by atoms with Gasteiger partial charge in [-0.1, -0.05) is 11.2 Å². The fourth-order valence-corrected chi connectivity index (χ4v) is 3.00. The molecule has 0 atom stereocenters. The average molecular weight is 342 g/mol. The maximum absolute atomic E-state index is 12.3. The highest BCUT2D eigenvalue weighted by molar-refractivity contribution is 7.13. The molecule has 3 rings (SSSR count). The van der Waals surface area contributed by atoms with Gasteiger partial charge in [-0.05, 0) is 49.6 Å². The van der Waals surface area contributed by atoms with Gasteiger partial charge in [0.25, 0.3) is 11.8 Å². The molecule has 0 saturated heterocycles. The summed E-state index contributed by atoms with van der Waals surface area (Å²) >= 11 is 1.50. The molecule has 6 nitrogen and oxygen atoms in total. The SMILES string of the molecule is CCN(CC)c1ccc(C(=O)Nc2nnc(-c3cccs3)o2)cc1. The number of anilines is 2. The minimum Gasteiger partial charge on any atom is -0.402 e. The third-order valence-electron chi connectivity index (χ3n) is 3.64. The highest BCUT2D eigenvalue weighted by atomic mass is 32.1. The molecule has 2 heterocycles. The fraction of sp³-hybridized carbons (Fsp3) is 0.235. The number of nitrogens with one attached hydrogen (secondary N) is 1. The van der Waals surface area contributed by atoms with Crippen molar-refractivity contribution in [3.8, 4) is 10.8 Å². The van der Waals surface area contributed by atoms with Crippen molar-refractivity contribution in [3.05, 3.63) is 47.3 Å². The fourth-order valence-electron chi connectivity index (χ4n) is 2.36. The molecule has 0 unspecified atom stereocenters. The predicted octanol–water partition coefficient (Wildman–Crippen LogP) is 3.90. The molecule has 24 heavy (non-hydrogen) atoms. The number of rotatable bonds is 6. The number of hydrogen-bond donors (Lipinski definition) is 1. The van der Waals surface area contributed by atoms with Gasteiger partial charge in [-0.2, -0.15) is 0 Å². The molecule has 0 saturated carbocycles. The van der Waals surface area contributed by atoms with Gasteiger partial charge in [-0.25, -0.2) is 0 Å². The van der Waals surface area contributed by atoms with E-state index in [0.29, 0.717) is 11.5 Å². The first-order valence-corrected chi connectivity index (χ1v) is 8.63. The molecule has 0 spiro atoms. The van der Waals surface area contributed by atoms with E-state index in [-0.39, 0.29) is 11.9 Å². The van der Waals surface area contributed by atoms with Crippen molar-refractivity contribution >= 4 is 28.9 Å². The van der Waals surface area contributed by atoms with Gasteiger partial charge in [-0.3, -0.25) is 10.1 Å². The van der Waals surface area contributed by atoms with Crippen molar-refractivity contribution in [2.24, 2.45) is 0 Å². The van der Waals surface area contributed by atoms with E-state index < -0.39 is 0 Å². The van der Waals surface area contributed by atoms with E-state index in [0.717, 1.165) is 23.7 Å². The van der Waals surface area contributed by atoms with Gasteiger partial charge in [0.05, 0.1) is 4.88 Å². The first-order valence-electron chi connectivity index (χ1n) is 7.75. The van der Waals surface area contributed by atoms with E-state index in [1.54, 1.807) is 12.1 Å². The van der Waals surface area contributed by atoms with Crippen molar-refractivity contribution in [3.63, 3.8) is 0 Å². The Balaban J connectivity index is 1.69. The van der Waals surface area contributed by atoms with Crippen LogP contribution in [0.1, 0.15) is 24.2 Å². The monoisotopic (exact) mass is 342 g/mol. The number of hydrogen-bond acceptors (Lipinski definition) is 6. The smallest absolute Gasteiger partial charge is 0.322 e. The van der Waals surface area contributed by atoms with Crippen LogP contribution >= 0.6 is 11.3 Å². The van der Waals surface area contributed by atoms with Crippen molar-refractivity contribution in [1.82, 2.24) is 10.2 Å². The quantitative estimate of drug-likeness (QED) is 0.736. The molecule has 1 amide bonds. The summed E-state index contributed by atoms with van der Waals surface area (Å²) in [5, 5.41) is 12.4. The van der Waals surface area contributed by atoms with Crippen molar-refractivity contribution in [2.45, 2.75) is 13.8 Å². The van der Waals surface area contributed by atoms with Gasteiger partial charge in [0.15, 0.2) is 0 Å². The summed E-state index contributed by atoms with van der Waals surface area (Å²) in [6, 6.07) is 11.3. The Kier molecular flexibility index (Phi) is 4.90. The first kappa shape index (κ1) is 16.2. The van der Waals surface area contributed by atoms with Crippen LogP contribution in [0.5, 0.6) is 0 Å². The van der Waals surface area contributed by atoms with Crippen molar-refractivity contribution in [1.29, 1.82) is 0 Å². The lowest BCUT2D eigenvalue weighted by Crippen LogP contribution is -2.21. The minimum absolute atomic E-state index is 0.0937. The largest absolute Gasteiger partial charge is 0.402 e. The van der Waals surface area contributed by atoms with Crippen LogP contribution in [0.15, 0.2) is 46.2 Å². The maximum Gasteiger partial charge on any atom is 0.322 e. The predicted molar refractivity (Wildman–Crippen MR) is 95.6 cm³/mol. The Bertz CT molecular complexity index is 792.